The minimum absolute atomic E-state index is 0.557. The summed E-state index contributed by atoms with van der Waals surface area (Å²) in [5, 5.41) is 4.51. The topological polar surface area (TPSA) is 56.7 Å². The highest BCUT2D eigenvalue weighted by molar-refractivity contribution is 6.13. The van der Waals surface area contributed by atoms with Crippen molar-refractivity contribution < 1.29 is 4.42 Å². The monoisotopic (exact) mass is 640 g/mol. The minimum atomic E-state index is 0.557. The molecular weight excluding hydrogens is 613 g/mol. The number of furan rings is 1. The highest BCUT2D eigenvalue weighted by atomic mass is 16.3. The Hall–Kier alpha value is -6.85. The predicted octanol–water partition coefficient (Wildman–Crippen LogP) is 11.5. The van der Waals surface area contributed by atoms with Crippen molar-refractivity contribution in [2.75, 3.05) is 0 Å². The van der Waals surface area contributed by atoms with Gasteiger partial charge in [0.1, 0.15) is 11.2 Å². The molecule has 0 N–H and O–H groups in total. The van der Waals surface area contributed by atoms with Crippen molar-refractivity contribution in [1.29, 1.82) is 0 Å². The number of rotatable bonds is 5. The summed E-state index contributed by atoms with van der Waals surface area (Å²) in [4.78, 5) is 15.3. The third kappa shape index (κ3) is 4.52. The Morgan fingerprint density at radius 2 is 0.840 bits per heavy atom. The van der Waals surface area contributed by atoms with E-state index in [0.29, 0.717) is 17.5 Å². The van der Waals surface area contributed by atoms with Crippen LogP contribution in [0.2, 0.25) is 0 Å². The molecule has 7 aromatic carbocycles. The smallest absolute Gasteiger partial charge is 0.167 e. The summed E-state index contributed by atoms with van der Waals surface area (Å²) in [7, 11) is 0. The molecule has 3 aromatic heterocycles. The van der Waals surface area contributed by atoms with Crippen LogP contribution in [0.5, 0.6) is 0 Å². The fourth-order valence-corrected chi connectivity index (χ4v) is 7.17. The minimum Gasteiger partial charge on any atom is -0.455 e. The average Bonchev–Trinajstić information content (AvgIpc) is 3.75. The Kier molecular flexibility index (Phi) is 6.42. The lowest BCUT2D eigenvalue weighted by atomic mass is 10.0. The van der Waals surface area contributed by atoms with Gasteiger partial charge in [0.25, 0.3) is 0 Å². The second kappa shape index (κ2) is 11.4. The summed E-state index contributed by atoms with van der Waals surface area (Å²) < 4.78 is 9.07. The maximum atomic E-state index is 6.76. The third-order valence-corrected chi connectivity index (χ3v) is 9.46. The van der Waals surface area contributed by atoms with Crippen molar-refractivity contribution in [2.24, 2.45) is 0 Å². The van der Waals surface area contributed by atoms with E-state index >= 15 is 0 Å². The first-order chi connectivity index (χ1) is 24.8. The molecule has 0 atom stereocenters. The zero-order valence-electron chi connectivity index (χ0n) is 26.9. The summed E-state index contributed by atoms with van der Waals surface area (Å²) in [6, 6.07) is 58.5. The van der Waals surface area contributed by atoms with E-state index < -0.39 is 0 Å². The van der Waals surface area contributed by atoms with Gasteiger partial charge >= 0.3 is 0 Å². The van der Waals surface area contributed by atoms with Crippen LogP contribution in [0.15, 0.2) is 174 Å². The summed E-state index contributed by atoms with van der Waals surface area (Å²) in [5.74, 6) is 1.75. The lowest BCUT2D eigenvalue weighted by molar-refractivity contribution is 0.670. The number of nitrogens with zero attached hydrogens (tertiary/aromatic N) is 4. The van der Waals surface area contributed by atoms with E-state index in [2.05, 4.69) is 132 Å². The van der Waals surface area contributed by atoms with E-state index in [9.17, 15) is 0 Å². The van der Waals surface area contributed by atoms with Crippen LogP contribution in [0.25, 0.3) is 94.7 Å². The molecule has 0 radical (unpaired) electrons. The zero-order valence-corrected chi connectivity index (χ0v) is 26.9. The van der Waals surface area contributed by atoms with Crippen LogP contribution in [0.3, 0.4) is 0 Å². The Bertz CT molecular complexity index is 2820. The van der Waals surface area contributed by atoms with E-state index in [0.717, 1.165) is 66.5 Å². The van der Waals surface area contributed by atoms with Crippen molar-refractivity contribution in [3.8, 4) is 51.0 Å². The Labute approximate surface area is 287 Å². The maximum absolute atomic E-state index is 6.76. The van der Waals surface area contributed by atoms with E-state index in [4.69, 9.17) is 19.4 Å². The van der Waals surface area contributed by atoms with Gasteiger partial charge in [-0.3, -0.25) is 0 Å². The summed E-state index contributed by atoms with van der Waals surface area (Å²) in [6.45, 7) is 0. The summed E-state index contributed by atoms with van der Waals surface area (Å²) >= 11 is 0. The summed E-state index contributed by atoms with van der Waals surface area (Å²) in [5.41, 5.74) is 9.72. The highest BCUT2D eigenvalue weighted by Crippen LogP contribution is 2.40. The molecule has 5 heteroatoms. The van der Waals surface area contributed by atoms with Crippen LogP contribution in [-0.2, 0) is 0 Å². The first kappa shape index (κ1) is 28.2. The number of para-hydroxylation sites is 4. The zero-order chi connectivity index (χ0) is 33.0. The lowest BCUT2D eigenvalue weighted by Gasteiger charge is -2.11. The number of fused-ring (bicyclic) bond motifs is 6. The van der Waals surface area contributed by atoms with Gasteiger partial charge in [-0.25, -0.2) is 15.0 Å². The third-order valence-electron chi connectivity index (χ3n) is 9.46. The molecule has 0 saturated carbocycles. The molecule has 0 saturated heterocycles. The molecule has 0 aliphatic rings. The fraction of sp³-hybridized carbons (Fsp3) is 0. The van der Waals surface area contributed by atoms with E-state index in [1.807, 2.05) is 42.5 Å². The van der Waals surface area contributed by atoms with Gasteiger partial charge in [-0.2, -0.15) is 0 Å². The molecule has 3 heterocycles. The molecule has 0 spiro atoms. The van der Waals surface area contributed by atoms with Gasteiger partial charge in [-0.15, -0.1) is 0 Å². The molecule has 0 fully saturated rings. The van der Waals surface area contributed by atoms with Crippen LogP contribution < -0.4 is 0 Å². The van der Waals surface area contributed by atoms with Crippen molar-refractivity contribution in [3.63, 3.8) is 0 Å². The van der Waals surface area contributed by atoms with Gasteiger partial charge in [0.05, 0.1) is 16.6 Å². The largest absolute Gasteiger partial charge is 0.455 e. The highest BCUT2D eigenvalue weighted by Gasteiger charge is 2.20. The number of benzene rings is 7. The van der Waals surface area contributed by atoms with Crippen LogP contribution in [0.4, 0.5) is 0 Å². The number of aromatic nitrogens is 4. The van der Waals surface area contributed by atoms with Gasteiger partial charge < -0.3 is 8.98 Å². The van der Waals surface area contributed by atoms with Crippen molar-refractivity contribution in [2.45, 2.75) is 0 Å². The lowest BCUT2D eigenvalue weighted by Crippen LogP contribution is -2.01. The molecule has 10 aromatic rings. The van der Waals surface area contributed by atoms with Gasteiger partial charge in [0.15, 0.2) is 17.5 Å². The van der Waals surface area contributed by atoms with E-state index in [1.165, 1.54) is 10.8 Å². The molecular formula is C45H28N4O. The molecule has 234 valence electrons. The Morgan fingerprint density at radius 3 is 1.52 bits per heavy atom. The molecule has 0 unspecified atom stereocenters. The first-order valence-electron chi connectivity index (χ1n) is 16.7. The van der Waals surface area contributed by atoms with Crippen LogP contribution in [-0.4, -0.2) is 19.5 Å². The molecule has 0 aliphatic carbocycles. The van der Waals surface area contributed by atoms with Gasteiger partial charge in [0.2, 0.25) is 0 Å². The normalized spacial score (nSPS) is 11.6. The number of hydrogen-bond acceptors (Lipinski definition) is 4. The SMILES string of the molecule is c1ccc(-c2nc(-c3cccc(-n4c5ccccc5c5ccccc54)c3)nc(-c3cccc4c3oc3c(-c5ccccc5)cccc34)n2)cc1. The quantitative estimate of drug-likeness (QED) is 0.188. The first-order valence-corrected chi connectivity index (χ1v) is 16.7. The predicted molar refractivity (Wildman–Crippen MR) is 203 cm³/mol. The van der Waals surface area contributed by atoms with E-state index in [1.54, 1.807) is 0 Å². The maximum Gasteiger partial charge on any atom is 0.167 e. The van der Waals surface area contributed by atoms with Crippen LogP contribution in [0.1, 0.15) is 0 Å². The molecule has 50 heavy (non-hydrogen) atoms. The van der Waals surface area contributed by atoms with Gasteiger partial charge in [-0.1, -0.05) is 140 Å². The molecule has 10 rings (SSSR count). The molecule has 0 amide bonds. The van der Waals surface area contributed by atoms with Crippen molar-refractivity contribution >= 4 is 43.7 Å². The standard InChI is InChI=1S/C45H28N4O/c1-3-14-29(15-4-1)33-22-12-23-36-37-24-13-25-38(42(37)50-41(33)36)45-47-43(30-16-5-2-6-17-30)46-44(48-45)31-18-11-19-32(28-31)49-39-26-9-7-20-34(39)35-21-8-10-27-40(35)49/h1-28H. The van der Waals surface area contributed by atoms with Crippen LogP contribution in [0, 0.1) is 0 Å². The average molecular weight is 641 g/mol. The molecule has 5 nitrogen and oxygen atoms in total. The van der Waals surface area contributed by atoms with Crippen molar-refractivity contribution in [3.05, 3.63) is 170 Å². The van der Waals surface area contributed by atoms with Gasteiger partial charge in [0, 0.05) is 43.9 Å². The van der Waals surface area contributed by atoms with E-state index in [-0.39, 0.29) is 0 Å². The summed E-state index contributed by atoms with van der Waals surface area (Å²) in [6.07, 6.45) is 0. The number of hydrogen-bond donors (Lipinski definition) is 0. The van der Waals surface area contributed by atoms with Crippen molar-refractivity contribution in [1.82, 2.24) is 19.5 Å². The van der Waals surface area contributed by atoms with Crippen LogP contribution >= 0.6 is 0 Å². The molecule has 0 bridgehead atoms. The molecule has 0 aliphatic heterocycles. The Morgan fingerprint density at radius 1 is 0.360 bits per heavy atom. The fourth-order valence-electron chi connectivity index (χ4n) is 7.17. The van der Waals surface area contributed by atoms with Gasteiger partial charge in [-0.05, 0) is 35.9 Å². The Balaban J connectivity index is 1.18. The second-order valence-electron chi connectivity index (χ2n) is 12.4. The second-order valence-corrected chi connectivity index (χ2v) is 12.4.